The van der Waals surface area contributed by atoms with Crippen molar-refractivity contribution in [3.05, 3.63) is 34.9 Å². The van der Waals surface area contributed by atoms with Gasteiger partial charge < -0.3 is 10.2 Å². The van der Waals surface area contributed by atoms with Gasteiger partial charge in [0.15, 0.2) is 0 Å². The molecule has 1 amide bonds. The zero-order valence-electron chi connectivity index (χ0n) is 13.3. The Labute approximate surface area is 139 Å². The molecule has 3 nitrogen and oxygen atoms in total. The molecular weight excluding hydrogens is 296 g/mol. The molecule has 1 aliphatic heterocycles. The van der Waals surface area contributed by atoms with Gasteiger partial charge in [0.25, 0.3) is 5.91 Å². The number of nitrogens with one attached hydrogen (secondary N) is 1. The van der Waals surface area contributed by atoms with Crippen LogP contribution in [0, 0.1) is 0 Å². The highest BCUT2D eigenvalue weighted by Crippen LogP contribution is 2.11. The maximum atomic E-state index is 11.9. The van der Waals surface area contributed by atoms with Crippen LogP contribution in [-0.2, 0) is 0 Å². The minimum Gasteiger partial charge on any atom is -0.352 e. The maximum Gasteiger partial charge on any atom is 0.251 e. The lowest BCUT2D eigenvalue weighted by Gasteiger charge is -2.19. The van der Waals surface area contributed by atoms with Crippen LogP contribution in [0.5, 0.6) is 0 Å². The van der Waals surface area contributed by atoms with E-state index in [1.807, 2.05) is 0 Å². The number of nitrogens with zero attached hydrogens (tertiary/aromatic N) is 1. The molecule has 4 heteroatoms. The smallest absolute Gasteiger partial charge is 0.251 e. The van der Waals surface area contributed by atoms with E-state index < -0.39 is 0 Å². The average molecular weight is 323 g/mol. The Morgan fingerprint density at radius 2 is 1.68 bits per heavy atom. The number of unbranched alkanes of at least 4 members (excludes halogenated alkanes) is 2. The number of likely N-dealkylation sites (tertiary alicyclic amines) is 1. The van der Waals surface area contributed by atoms with Crippen LogP contribution in [0.1, 0.15) is 55.3 Å². The molecule has 1 heterocycles. The number of halogens is 1. The second kappa shape index (κ2) is 9.86. The van der Waals surface area contributed by atoms with Gasteiger partial charge in [-0.1, -0.05) is 30.9 Å². The molecule has 2 rings (SSSR count). The van der Waals surface area contributed by atoms with Crippen LogP contribution in [0.4, 0.5) is 0 Å². The van der Waals surface area contributed by atoms with E-state index in [-0.39, 0.29) is 5.91 Å². The molecular formula is C18H27ClN2O. The van der Waals surface area contributed by atoms with Gasteiger partial charge >= 0.3 is 0 Å². The summed E-state index contributed by atoms with van der Waals surface area (Å²) in [6.45, 7) is 4.51. The summed E-state index contributed by atoms with van der Waals surface area (Å²) in [6, 6.07) is 7.02. The predicted molar refractivity (Wildman–Crippen MR) is 92.5 cm³/mol. The predicted octanol–water partition coefficient (Wildman–Crippen LogP) is 4.12. The van der Waals surface area contributed by atoms with Gasteiger partial charge in [-0.25, -0.2) is 0 Å². The minimum absolute atomic E-state index is 0.0100. The van der Waals surface area contributed by atoms with Crippen LogP contribution in [-0.4, -0.2) is 37.0 Å². The summed E-state index contributed by atoms with van der Waals surface area (Å²) in [4.78, 5) is 14.5. The third-order valence-corrected chi connectivity index (χ3v) is 4.49. The number of hydrogen-bond acceptors (Lipinski definition) is 2. The van der Waals surface area contributed by atoms with E-state index in [0.717, 1.165) is 13.0 Å². The van der Waals surface area contributed by atoms with E-state index in [4.69, 9.17) is 11.6 Å². The Morgan fingerprint density at radius 3 is 2.36 bits per heavy atom. The van der Waals surface area contributed by atoms with Crippen molar-refractivity contribution in [3.8, 4) is 0 Å². The molecule has 0 radical (unpaired) electrons. The van der Waals surface area contributed by atoms with E-state index in [1.54, 1.807) is 24.3 Å². The highest BCUT2D eigenvalue weighted by atomic mass is 35.5. The number of carbonyl (C=O) groups is 1. The van der Waals surface area contributed by atoms with Gasteiger partial charge in [0.2, 0.25) is 0 Å². The molecule has 1 aromatic rings. The fourth-order valence-electron chi connectivity index (χ4n) is 2.90. The molecule has 0 spiro atoms. The Morgan fingerprint density at radius 1 is 1.00 bits per heavy atom. The van der Waals surface area contributed by atoms with Gasteiger partial charge in [-0.3, -0.25) is 4.79 Å². The van der Waals surface area contributed by atoms with Gasteiger partial charge in [0.1, 0.15) is 0 Å². The van der Waals surface area contributed by atoms with Crippen molar-refractivity contribution in [2.45, 2.75) is 44.9 Å². The molecule has 0 aromatic heterocycles. The van der Waals surface area contributed by atoms with Crippen LogP contribution in [0.15, 0.2) is 24.3 Å². The minimum atomic E-state index is -0.0100. The van der Waals surface area contributed by atoms with Crippen molar-refractivity contribution in [3.63, 3.8) is 0 Å². The lowest BCUT2D eigenvalue weighted by molar-refractivity contribution is 0.0953. The molecule has 1 aliphatic rings. The summed E-state index contributed by atoms with van der Waals surface area (Å²) in [5, 5.41) is 3.63. The monoisotopic (exact) mass is 322 g/mol. The Bertz CT molecular complexity index is 439. The number of amides is 1. The zero-order chi connectivity index (χ0) is 15.6. The van der Waals surface area contributed by atoms with E-state index in [9.17, 15) is 4.79 Å². The largest absolute Gasteiger partial charge is 0.352 e. The van der Waals surface area contributed by atoms with E-state index in [0.29, 0.717) is 10.6 Å². The molecule has 1 aromatic carbocycles. The molecule has 1 N–H and O–H groups in total. The van der Waals surface area contributed by atoms with Crippen molar-refractivity contribution < 1.29 is 4.79 Å². The second-order valence-corrected chi connectivity index (χ2v) is 6.52. The molecule has 0 bridgehead atoms. The van der Waals surface area contributed by atoms with Crippen molar-refractivity contribution in [1.29, 1.82) is 0 Å². The van der Waals surface area contributed by atoms with E-state index in [1.165, 1.54) is 58.2 Å². The van der Waals surface area contributed by atoms with E-state index >= 15 is 0 Å². The molecule has 0 saturated carbocycles. The second-order valence-electron chi connectivity index (χ2n) is 6.08. The van der Waals surface area contributed by atoms with Crippen molar-refractivity contribution >= 4 is 17.5 Å². The topological polar surface area (TPSA) is 32.3 Å². The number of benzene rings is 1. The van der Waals surface area contributed by atoms with E-state index in [2.05, 4.69) is 10.2 Å². The first kappa shape index (κ1) is 17.3. The fourth-order valence-corrected chi connectivity index (χ4v) is 3.03. The average Bonchev–Trinajstić information content (AvgIpc) is 2.80. The quantitative estimate of drug-likeness (QED) is 0.766. The van der Waals surface area contributed by atoms with Crippen LogP contribution in [0.2, 0.25) is 5.02 Å². The fraction of sp³-hybridized carbons (Fsp3) is 0.611. The Kier molecular flexibility index (Phi) is 7.75. The van der Waals surface area contributed by atoms with Gasteiger partial charge in [0.05, 0.1) is 0 Å². The summed E-state index contributed by atoms with van der Waals surface area (Å²) in [5.41, 5.74) is 0.675. The molecule has 0 atom stereocenters. The summed E-state index contributed by atoms with van der Waals surface area (Å²) < 4.78 is 0. The standard InChI is InChI=1S/C18H27ClN2O/c19-17-10-8-16(9-11-17)18(22)20-12-4-3-7-15-21-13-5-1-2-6-14-21/h8-11H,1-7,12-15H2,(H,20,22). The summed E-state index contributed by atoms with van der Waals surface area (Å²) in [7, 11) is 0. The van der Waals surface area contributed by atoms with Crippen molar-refractivity contribution in [2.75, 3.05) is 26.2 Å². The summed E-state index contributed by atoms with van der Waals surface area (Å²) >= 11 is 5.82. The molecule has 1 saturated heterocycles. The van der Waals surface area contributed by atoms with Gasteiger partial charge in [0, 0.05) is 17.1 Å². The third-order valence-electron chi connectivity index (χ3n) is 4.24. The highest BCUT2D eigenvalue weighted by molar-refractivity contribution is 6.30. The Hall–Kier alpha value is -1.06. The SMILES string of the molecule is O=C(NCCCCCN1CCCCCC1)c1ccc(Cl)cc1. The molecule has 122 valence electrons. The van der Waals surface area contributed by atoms with Gasteiger partial charge in [-0.15, -0.1) is 0 Å². The number of hydrogen-bond donors (Lipinski definition) is 1. The van der Waals surface area contributed by atoms with Crippen LogP contribution in [0.25, 0.3) is 0 Å². The van der Waals surface area contributed by atoms with Crippen molar-refractivity contribution in [1.82, 2.24) is 10.2 Å². The normalized spacial score (nSPS) is 16.2. The molecule has 0 unspecified atom stereocenters. The van der Waals surface area contributed by atoms with Crippen LogP contribution in [0.3, 0.4) is 0 Å². The van der Waals surface area contributed by atoms with Crippen LogP contribution >= 0.6 is 11.6 Å². The summed E-state index contributed by atoms with van der Waals surface area (Å²) in [5.74, 6) is -0.0100. The first-order valence-corrected chi connectivity index (χ1v) is 8.89. The lowest BCUT2D eigenvalue weighted by atomic mass is 10.2. The molecule has 22 heavy (non-hydrogen) atoms. The number of carbonyl (C=O) groups excluding carboxylic acids is 1. The number of rotatable bonds is 7. The molecule has 0 aliphatic carbocycles. The zero-order valence-corrected chi connectivity index (χ0v) is 14.1. The summed E-state index contributed by atoms with van der Waals surface area (Å²) in [6.07, 6.45) is 8.97. The first-order chi connectivity index (χ1) is 10.8. The van der Waals surface area contributed by atoms with Gasteiger partial charge in [-0.2, -0.15) is 0 Å². The van der Waals surface area contributed by atoms with Crippen LogP contribution < -0.4 is 5.32 Å². The van der Waals surface area contributed by atoms with Crippen molar-refractivity contribution in [2.24, 2.45) is 0 Å². The Balaban J connectivity index is 1.53. The highest BCUT2D eigenvalue weighted by Gasteiger charge is 2.08. The maximum absolute atomic E-state index is 11.9. The lowest BCUT2D eigenvalue weighted by Crippen LogP contribution is -2.26. The third kappa shape index (κ3) is 6.37. The van der Waals surface area contributed by atoms with Gasteiger partial charge in [-0.05, 0) is 69.6 Å². The molecule has 1 fully saturated rings. The first-order valence-electron chi connectivity index (χ1n) is 8.52.